The minimum absolute atomic E-state index is 0.0465. The van der Waals surface area contributed by atoms with Crippen molar-refractivity contribution in [1.82, 2.24) is 15.1 Å². The minimum Gasteiger partial charge on any atom is -0.478 e. The monoisotopic (exact) mass is 443 g/mol. The lowest BCUT2D eigenvalue weighted by atomic mass is 10.00. The lowest BCUT2D eigenvalue weighted by Gasteiger charge is -2.31. The number of likely N-dealkylation sites (N-methyl/N-ethyl adjacent to an activating group) is 2. The van der Waals surface area contributed by atoms with E-state index in [0.29, 0.717) is 0 Å². The average Bonchev–Trinajstić information content (AvgIpc) is 2.88. The lowest BCUT2D eigenvalue weighted by molar-refractivity contribution is -0.135. The van der Waals surface area contributed by atoms with Crippen LogP contribution in [0.4, 0.5) is 0 Å². The van der Waals surface area contributed by atoms with E-state index in [1.54, 1.807) is 24.9 Å². The van der Waals surface area contributed by atoms with Crippen LogP contribution >= 0.6 is 11.8 Å². The van der Waals surface area contributed by atoms with Gasteiger partial charge in [-0.05, 0) is 39.7 Å². The Bertz CT molecular complexity index is 629. The zero-order valence-corrected chi connectivity index (χ0v) is 21.1. The van der Waals surface area contributed by atoms with Crippen LogP contribution in [0.25, 0.3) is 0 Å². The molecule has 30 heavy (non-hydrogen) atoms. The topological polar surface area (TPSA) is 90.0 Å². The summed E-state index contributed by atoms with van der Waals surface area (Å²) in [7, 11) is 3.53. The number of nitrogens with zero attached hydrogens (tertiary/aromatic N) is 2. The van der Waals surface area contributed by atoms with Gasteiger partial charge in [0.25, 0.3) is 0 Å². The number of nitrogens with one attached hydrogen (secondary N) is 1. The Morgan fingerprint density at radius 1 is 1.23 bits per heavy atom. The third-order valence-corrected chi connectivity index (χ3v) is 6.19. The van der Waals surface area contributed by atoms with Crippen LogP contribution in [0.5, 0.6) is 0 Å². The summed E-state index contributed by atoms with van der Waals surface area (Å²) in [4.78, 5) is 39.6. The third-order valence-electron chi connectivity index (χ3n) is 4.68. The second-order valence-electron chi connectivity index (χ2n) is 9.38. The minimum atomic E-state index is -1.01. The standard InChI is InChI=1S/C18H31N3O4S.C4H10/c1-11(2)13(8-12(3)17(24)25)21(7)14(22)9-19-16(23)15-18(4,5)26-10-20(15)6;1-4(2)3/h8,11,13,15H,9-10H2,1-7H3,(H,19,23)(H,24,25);4H,1-3H3/b12-8+;/t13-,15?;/m1./s1. The van der Waals surface area contributed by atoms with Crippen molar-refractivity contribution in [2.45, 2.75) is 72.2 Å². The van der Waals surface area contributed by atoms with E-state index in [2.05, 4.69) is 26.1 Å². The Balaban J connectivity index is 0.00000192. The smallest absolute Gasteiger partial charge is 0.331 e. The fraction of sp³-hybridized carbons (Fsp3) is 0.773. The molecular weight excluding hydrogens is 402 g/mol. The molecule has 1 rings (SSSR count). The molecule has 0 aromatic rings. The molecule has 1 heterocycles. The van der Waals surface area contributed by atoms with Crippen molar-refractivity contribution in [3.05, 3.63) is 11.6 Å². The highest BCUT2D eigenvalue weighted by molar-refractivity contribution is 8.00. The molecule has 1 aliphatic heterocycles. The van der Waals surface area contributed by atoms with E-state index >= 15 is 0 Å². The number of aliphatic carboxylic acids is 1. The molecule has 1 fully saturated rings. The van der Waals surface area contributed by atoms with Crippen molar-refractivity contribution in [2.24, 2.45) is 11.8 Å². The molecular formula is C22H41N3O4S. The summed E-state index contributed by atoms with van der Waals surface area (Å²) in [5.41, 5.74) is 0.193. The molecule has 0 aromatic heterocycles. The maximum absolute atomic E-state index is 12.5. The van der Waals surface area contributed by atoms with Crippen LogP contribution in [0, 0.1) is 11.8 Å². The van der Waals surface area contributed by atoms with Crippen molar-refractivity contribution in [3.63, 3.8) is 0 Å². The molecule has 0 spiro atoms. The van der Waals surface area contributed by atoms with E-state index in [-0.39, 0.29) is 46.7 Å². The zero-order valence-electron chi connectivity index (χ0n) is 20.3. The van der Waals surface area contributed by atoms with Crippen LogP contribution in [-0.4, -0.2) is 76.0 Å². The highest BCUT2D eigenvalue weighted by atomic mass is 32.2. The molecule has 1 aliphatic rings. The van der Waals surface area contributed by atoms with Gasteiger partial charge >= 0.3 is 5.97 Å². The van der Waals surface area contributed by atoms with Gasteiger partial charge in [-0.25, -0.2) is 4.79 Å². The van der Waals surface area contributed by atoms with Gasteiger partial charge in [-0.2, -0.15) is 0 Å². The van der Waals surface area contributed by atoms with Gasteiger partial charge in [-0.1, -0.05) is 40.7 Å². The normalized spacial score (nSPS) is 19.9. The van der Waals surface area contributed by atoms with Crippen molar-refractivity contribution in [3.8, 4) is 0 Å². The number of carbonyl (C=O) groups is 3. The quantitative estimate of drug-likeness (QED) is 0.588. The predicted octanol–water partition coefficient (Wildman–Crippen LogP) is 3.06. The van der Waals surface area contributed by atoms with Gasteiger partial charge in [-0.15, -0.1) is 11.8 Å². The van der Waals surface area contributed by atoms with Gasteiger partial charge in [0.2, 0.25) is 11.8 Å². The van der Waals surface area contributed by atoms with Crippen molar-refractivity contribution < 1.29 is 19.5 Å². The first-order valence-corrected chi connectivity index (χ1v) is 11.4. The van der Waals surface area contributed by atoms with Gasteiger partial charge in [0.15, 0.2) is 0 Å². The second kappa shape index (κ2) is 12.3. The number of hydrogen-bond acceptors (Lipinski definition) is 5. The Hall–Kier alpha value is -1.54. The molecule has 2 N–H and O–H groups in total. The maximum atomic E-state index is 12.5. The number of amides is 2. The van der Waals surface area contributed by atoms with Gasteiger partial charge in [0, 0.05) is 23.2 Å². The van der Waals surface area contributed by atoms with E-state index in [1.165, 1.54) is 11.8 Å². The number of carboxylic acid groups (broad SMARTS) is 1. The van der Waals surface area contributed by atoms with Crippen molar-refractivity contribution in [1.29, 1.82) is 0 Å². The van der Waals surface area contributed by atoms with Crippen LogP contribution in [0.2, 0.25) is 0 Å². The van der Waals surface area contributed by atoms with Crippen LogP contribution < -0.4 is 5.32 Å². The first kappa shape index (κ1) is 28.5. The molecule has 2 atom stereocenters. The van der Waals surface area contributed by atoms with E-state index in [4.69, 9.17) is 5.11 Å². The first-order valence-electron chi connectivity index (χ1n) is 10.4. The van der Waals surface area contributed by atoms with Gasteiger partial charge in [0.05, 0.1) is 12.6 Å². The van der Waals surface area contributed by atoms with E-state index in [0.717, 1.165) is 11.8 Å². The number of hydrogen-bond donors (Lipinski definition) is 2. The number of thioether (sulfide) groups is 1. The molecule has 0 saturated carbocycles. The molecule has 1 saturated heterocycles. The molecule has 0 radical (unpaired) electrons. The largest absolute Gasteiger partial charge is 0.478 e. The zero-order chi connectivity index (χ0) is 23.8. The van der Waals surface area contributed by atoms with Gasteiger partial charge in [0.1, 0.15) is 6.04 Å². The summed E-state index contributed by atoms with van der Waals surface area (Å²) < 4.78 is -0.213. The SMILES string of the molecule is C/C(=C\[C@H](C(C)C)N(C)C(=O)CNC(=O)C1N(C)CSC1(C)C)C(=O)O.CC(C)C. The summed E-state index contributed by atoms with van der Waals surface area (Å²) in [5, 5.41) is 11.8. The molecule has 0 bridgehead atoms. The second-order valence-corrected chi connectivity index (χ2v) is 11.0. The van der Waals surface area contributed by atoms with Crippen LogP contribution in [0.3, 0.4) is 0 Å². The number of carboxylic acids is 1. The molecule has 8 heteroatoms. The predicted molar refractivity (Wildman–Crippen MR) is 124 cm³/mol. The Morgan fingerprint density at radius 3 is 2.10 bits per heavy atom. The van der Waals surface area contributed by atoms with Gasteiger partial charge in [-0.3, -0.25) is 14.5 Å². The summed E-state index contributed by atoms with van der Waals surface area (Å²) in [5.74, 6) is 0.229. The van der Waals surface area contributed by atoms with Crippen LogP contribution in [-0.2, 0) is 14.4 Å². The molecule has 7 nitrogen and oxygen atoms in total. The van der Waals surface area contributed by atoms with Gasteiger partial charge < -0.3 is 15.3 Å². The number of carbonyl (C=O) groups excluding carboxylic acids is 2. The fourth-order valence-corrected chi connectivity index (χ4v) is 4.23. The summed E-state index contributed by atoms with van der Waals surface area (Å²) in [6.45, 7) is 15.8. The lowest BCUT2D eigenvalue weighted by Crippen LogP contribution is -2.52. The third kappa shape index (κ3) is 9.08. The average molecular weight is 444 g/mol. The Kier molecular flexibility index (Phi) is 11.7. The Morgan fingerprint density at radius 2 is 1.73 bits per heavy atom. The molecule has 0 aliphatic carbocycles. The first-order chi connectivity index (χ1) is 13.6. The Labute approximate surface area is 186 Å². The van der Waals surface area contributed by atoms with Crippen LogP contribution in [0.1, 0.15) is 55.4 Å². The van der Waals surface area contributed by atoms with E-state index in [9.17, 15) is 14.4 Å². The summed E-state index contributed by atoms with van der Waals surface area (Å²) in [6.07, 6.45) is 1.58. The van der Waals surface area contributed by atoms with E-state index < -0.39 is 5.97 Å². The van der Waals surface area contributed by atoms with Crippen LogP contribution in [0.15, 0.2) is 11.6 Å². The van der Waals surface area contributed by atoms with Crippen molar-refractivity contribution in [2.75, 3.05) is 26.5 Å². The van der Waals surface area contributed by atoms with Crippen molar-refractivity contribution >= 4 is 29.5 Å². The summed E-state index contributed by atoms with van der Waals surface area (Å²) in [6, 6.07) is -0.641. The molecule has 2 amide bonds. The summed E-state index contributed by atoms with van der Waals surface area (Å²) >= 11 is 1.71. The highest BCUT2D eigenvalue weighted by Gasteiger charge is 2.44. The molecule has 174 valence electrons. The molecule has 1 unspecified atom stereocenters. The van der Waals surface area contributed by atoms with E-state index in [1.807, 2.05) is 39.6 Å². The molecule has 0 aromatic carbocycles. The number of rotatable bonds is 7. The highest BCUT2D eigenvalue weighted by Crippen LogP contribution is 2.38. The fourth-order valence-electron chi connectivity index (χ4n) is 3.10. The maximum Gasteiger partial charge on any atom is 0.331 e.